The van der Waals surface area contributed by atoms with E-state index < -0.39 is 26.3 Å². The largest absolute Gasteiger partial charge is 0.398 e. The zero-order valence-electron chi connectivity index (χ0n) is 11.5. The molecule has 0 atom stereocenters. The lowest BCUT2D eigenvalue weighted by Crippen LogP contribution is -2.38. The van der Waals surface area contributed by atoms with Crippen molar-refractivity contribution >= 4 is 27.1 Å². The van der Waals surface area contributed by atoms with Crippen LogP contribution in [0, 0.1) is 5.82 Å². The molecule has 0 saturated heterocycles. The average molecular weight is 303 g/mol. The summed E-state index contributed by atoms with van der Waals surface area (Å²) < 4.78 is 35.8. The van der Waals surface area contributed by atoms with Crippen LogP contribution in [0.4, 0.5) is 15.8 Å². The maximum Gasteiger partial charge on any atom is 0.250 e. The molecule has 0 bridgehead atoms. The van der Waals surface area contributed by atoms with Crippen molar-refractivity contribution in [2.45, 2.75) is 18.6 Å². The third-order valence-corrected chi connectivity index (χ3v) is 5.26. The molecule has 0 radical (unpaired) electrons. The van der Waals surface area contributed by atoms with Gasteiger partial charge in [0.05, 0.1) is 16.0 Å². The Morgan fingerprint density at radius 2 is 1.95 bits per heavy atom. The molecule has 0 saturated carbocycles. The molecule has 6 nitrogen and oxygen atoms in total. The minimum absolute atomic E-state index is 0.0222. The van der Waals surface area contributed by atoms with Gasteiger partial charge in [-0.15, -0.1) is 0 Å². The van der Waals surface area contributed by atoms with Crippen molar-refractivity contribution in [1.82, 2.24) is 0 Å². The summed E-state index contributed by atoms with van der Waals surface area (Å²) in [5.41, 5.74) is 10.5. The number of primary amides is 1. The van der Waals surface area contributed by atoms with Gasteiger partial charge in [0.2, 0.25) is 0 Å². The Morgan fingerprint density at radius 3 is 2.40 bits per heavy atom. The summed E-state index contributed by atoms with van der Waals surface area (Å²) in [5.74, 6) is -1.47. The second-order valence-electron chi connectivity index (χ2n) is 5.17. The van der Waals surface area contributed by atoms with Crippen LogP contribution >= 0.6 is 0 Å². The van der Waals surface area contributed by atoms with Crippen molar-refractivity contribution in [1.29, 1.82) is 0 Å². The van der Waals surface area contributed by atoms with E-state index in [9.17, 15) is 17.6 Å². The van der Waals surface area contributed by atoms with Gasteiger partial charge in [-0.2, -0.15) is 0 Å². The zero-order valence-corrected chi connectivity index (χ0v) is 12.3. The van der Waals surface area contributed by atoms with E-state index >= 15 is 0 Å². The maximum atomic E-state index is 13.7. The van der Waals surface area contributed by atoms with Gasteiger partial charge in [-0.1, -0.05) is 0 Å². The second-order valence-corrected chi connectivity index (χ2v) is 7.82. The van der Waals surface area contributed by atoms with E-state index in [-0.39, 0.29) is 23.5 Å². The van der Waals surface area contributed by atoms with E-state index in [1.165, 1.54) is 19.9 Å². The van der Waals surface area contributed by atoms with Crippen molar-refractivity contribution in [3.8, 4) is 0 Å². The van der Waals surface area contributed by atoms with Gasteiger partial charge in [-0.05, 0) is 26.0 Å². The topological polar surface area (TPSA) is 115 Å². The first kappa shape index (κ1) is 16.2. The molecular weight excluding hydrogens is 285 g/mol. The summed E-state index contributed by atoms with van der Waals surface area (Å²) in [6.45, 7) is 3.00. The number of halogens is 1. The first-order chi connectivity index (χ1) is 8.95. The van der Waals surface area contributed by atoms with Crippen LogP contribution in [0.2, 0.25) is 0 Å². The molecule has 0 fully saturated rings. The number of rotatable bonds is 5. The number of amides is 1. The van der Waals surface area contributed by atoms with Gasteiger partial charge >= 0.3 is 0 Å². The number of sulfone groups is 1. The summed E-state index contributed by atoms with van der Waals surface area (Å²) in [7, 11) is -3.32. The summed E-state index contributed by atoms with van der Waals surface area (Å²) in [5, 5.41) is 2.66. The molecule has 0 spiro atoms. The summed E-state index contributed by atoms with van der Waals surface area (Å²) >= 11 is 0. The maximum absolute atomic E-state index is 13.7. The molecule has 1 rings (SSSR count). The number of nitrogen functional groups attached to an aromatic ring is 1. The SMILES string of the molecule is CC(C)(CNc1cc(C(N)=O)c(N)cc1F)S(C)(=O)=O. The van der Waals surface area contributed by atoms with Crippen molar-refractivity contribution in [3.05, 3.63) is 23.5 Å². The quantitative estimate of drug-likeness (QED) is 0.694. The molecule has 112 valence electrons. The Balaban J connectivity index is 3.06. The summed E-state index contributed by atoms with van der Waals surface area (Å²) in [6.07, 6.45) is 1.10. The lowest BCUT2D eigenvalue weighted by atomic mass is 10.1. The molecule has 1 aromatic carbocycles. The van der Waals surface area contributed by atoms with Gasteiger partial charge in [0.1, 0.15) is 5.82 Å². The Labute approximate surface area is 117 Å². The minimum Gasteiger partial charge on any atom is -0.398 e. The van der Waals surface area contributed by atoms with Crippen LogP contribution in [0.3, 0.4) is 0 Å². The first-order valence-corrected chi connectivity index (χ1v) is 7.67. The van der Waals surface area contributed by atoms with Crippen molar-refractivity contribution in [2.75, 3.05) is 23.9 Å². The molecule has 0 aliphatic rings. The van der Waals surface area contributed by atoms with E-state index in [0.29, 0.717) is 0 Å². The predicted molar refractivity (Wildman–Crippen MR) is 76.7 cm³/mol. The van der Waals surface area contributed by atoms with Crippen LogP contribution in [0.5, 0.6) is 0 Å². The van der Waals surface area contributed by atoms with Crippen LogP contribution in [0.1, 0.15) is 24.2 Å². The average Bonchev–Trinajstić information content (AvgIpc) is 2.25. The highest BCUT2D eigenvalue weighted by Gasteiger charge is 2.30. The fourth-order valence-electron chi connectivity index (χ4n) is 1.38. The Kier molecular flexibility index (Phi) is 4.28. The Hall–Kier alpha value is -1.83. The highest BCUT2D eigenvalue weighted by atomic mass is 32.2. The van der Waals surface area contributed by atoms with E-state index in [1.54, 1.807) is 0 Å². The van der Waals surface area contributed by atoms with Crippen LogP contribution in [0.15, 0.2) is 12.1 Å². The van der Waals surface area contributed by atoms with E-state index in [1.807, 2.05) is 0 Å². The number of nitrogens with one attached hydrogen (secondary N) is 1. The Bertz CT molecular complexity index is 642. The zero-order chi connectivity index (χ0) is 15.7. The summed E-state index contributed by atoms with van der Waals surface area (Å²) in [6, 6.07) is 2.14. The number of anilines is 2. The van der Waals surface area contributed by atoms with Gasteiger partial charge in [0.25, 0.3) is 5.91 Å². The van der Waals surface area contributed by atoms with Crippen LogP contribution in [-0.4, -0.2) is 31.9 Å². The van der Waals surface area contributed by atoms with Crippen molar-refractivity contribution in [2.24, 2.45) is 5.73 Å². The summed E-state index contributed by atoms with van der Waals surface area (Å²) in [4.78, 5) is 11.1. The number of hydrogen-bond acceptors (Lipinski definition) is 5. The van der Waals surface area contributed by atoms with Crippen LogP contribution in [0.25, 0.3) is 0 Å². The second kappa shape index (κ2) is 5.28. The molecule has 0 aromatic heterocycles. The van der Waals surface area contributed by atoms with Gasteiger partial charge in [-0.25, -0.2) is 12.8 Å². The lowest BCUT2D eigenvalue weighted by Gasteiger charge is -2.23. The predicted octanol–water partition coefficient (Wildman–Crippen LogP) is 0.742. The molecule has 0 aliphatic carbocycles. The first-order valence-electron chi connectivity index (χ1n) is 5.78. The van der Waals surface area contributed by atoms with Gasteiger partial charge in [-0.3, -0.25) is 4.79 Å². The highest BCUT2D eigenvalue weighted by molar-refractivity contribution is 7.92. The molecule has 20 heavy (non-hydrogen) atoms. The van der Waals surface area contributed by atoms with Gasteiger partial charge in [0, 0.05) is 18.5 Å². The number of carbonyl (C=O) groups excluding carboxylic acids is 1. The molecule has 5 N–H and O–H groups in total. The van der Waals surface area contributed by atoms with Crippen molar-refractivity contribution in [3.63, 3.8) is 0 Å². The van der Waals surface area contributed by atoms with Crippen LogP contribution < -0.4 is 16.8 Å². The molecule has 0 unspecified atom stereocenters. The fourth-order valence-corrected chi connectivity index (χ4v) is 1.71. The lowest BCUT2D eigenvalue weighted by molar-refractivity contribution is 0.100. The van der Waals surface area contributed by atoms with Crippen LogP contribution in [-0.2, 0) is 9.84 Å². The molecule has 8 heteroatoms. The highest BCUT2D eigenvalue weighted by Crippen LogP contribution is 2.23. The normalized spacial score (nSPS) is 12.2. The third-order valence-electron chi connectivity index (χ3n) is 3.11. The Morgan fingerprint density at radius 1 is 1.40 bits per heavy atom. The molecule has 1 amide bonds. The molecular formula is C12H18FN3O3S. The number of nitrogens with two attached hydrogens (primary N) is 2. The standard InChI is InChI=1S/C12H18FN3O3S/c1-12(2,20(3,18)19)6-16-10-4-7(11(15)17)9(14)5-8(10)13/h4-5,16H,6,14H2,1-3H3,(H2,15,17). The van der Waals surface area contributed by atoms with E-state index in [4.69, 9.17) is 11.5 Å². The molecule has 0 heterocycles. The number of benzene rings is 1. The van der Waals surface area contributed by atoms with E-state index in [2.05, 4.69) is 5.32 Å². The molecule has 1 aromatic rings. The van der Waals surface area contributed by atoms with E-state index in [0.717, 1.165) is 12.3 Å². The minimum atomic E-state index is -3.32. The molecule has 0 aliphatic heterocycles. The number of carbonyl (C=O) groups is 1. The smallest absolute Gasteiger partial charge is 0.250 e. The van der Waals surface area contributed by atoms with Gasteiger partial charge in [0.15, 0.2) is 9.84 Å². The fraction of sp³-hybridized carbons (Fsp3) is 0.417. The monoisotopic (exact) mass is 303 g/mol. The van der Waals surface area contributed by atoms with Gasteiger partial charge < -0.3 is 16.8 Å². The number of hydrogen-bond donors (Lipinski definition) is 3. The van der Waals surface area contributed by atoms with Crippen molar-refractivity contribution < 1.29 is 17.6 Å². The third kappa shape index (κ3) is 3.38.